The Hall–Kier alpha value is -0.490. The zero-order valence-corrected chi connectivity index (χ0v) is 11.9. The monoisotopic (exact) mass is 238 g/mol. The average Bonchev–Trinajstić information content (AvgIpc) is 2.19. The molecule has 0 fully saturated rings. The van der Waals surface area contributed by atoms with E-state index in [0.717, 1.165) is 12.3 Å². The first-order valence-corrected chi connectivity index (χ1v) is 6.54. The number of hydrogen-bond acceptors (Lipinski definition) is 0. The third-order valence-electron chi connectivity index (χ3n) is 3.04. The lowest BCUT2D eigenvalue weighted by Gasteiger charge is -2.21. The summed E-state index contributed by atoms with van der Waals surface area (Å²) in [5.41, 5.74) is 4.47. The van der Waals surface area contributed by atoms with Crippen LogP contribution in [0.15, 0.2) is 18.2 Å². The van der Waals surface area contributed by atoms with Gasteiger partial charge in [-0.1, -0.05) is 45.9 Å². The number of halogens is 1. The van der Waals surface area contributed by atoms with Gasteiger partial charge in [-0.05, 0) is 41.4 Å². The molecule has 0 nitrogen and oxygen atoms in total. The molecule has 1 heteroatoms. The molecule has 0 bridgehead atoms. The number of rotatable bonds is 3. The smallest absolute Gasteiger partial charge is 0.0252 e. The van der Waals surface area contributed by atoms with E-state index in [0.29, 0.717) is 5.92 Å². The van der Waals surface area contributed by atoms with Crippen molar-refractivity contribution in [2.45, 2.75) is 46.5 Å². The van der Waals surface area contributed by atoms with E-state index in [-0.39, 0.29) is 5.41 Å². The minimum atomic E-state index is 0.237. The summed E-state index contributed by atoms with van der Waals surface area (Å²) in [7, 11) is 0. The Morgan fingerprint density at radius 2 is 1.88 bits per heavy atom. The Morgan fingerprint density at radius 1 is 1.25 bits per heavy atom. The van der Waals surface area contributed by atoms with Crippen molar-refractivity contribution in [3.63, 3.8) is 0 Å². The molecule has 1 rings (SSSR count). The van der Waals surface area contributed by atoms with E-state index in [9.17, 15) is 0 Å². The molecule has 1 aromatic rings. The highest BCUT2D eigenvalue weighted by Crippen LogP contribution is 2.25. The summed E-state index contributed by atoms with van der Waals surface area (Å²) in [5, 5.41) is 0. The van der Waals surface area contributed by atoms with Gasteiger partial charge in [0.2, 0.25) is 0 Å². The maximum atomic E-state index is 5.86. The molecule has 1 atom stereocenters. The first-order valence-electron chi connectivity index (χ1n) is 6.00. The SMILES string of the molecule is Cc1cc(C(C)(C)C)ccc1CC(C)CCl. The predicted octanol–water partition coefficient (Wildman–Crippen LogP) is 4.71. The molecule has 0 saturated carbocycles. The van der Waals surface area contributed by atoms with E-state index in [2.05, 4.69) is 52.8 Å². The highest BCUT2D eigenvalue weighted by Gasteiger charge is 2.14. The van der Waals surface area contributed by atoms with Gasteiger partial charge < -0.3 is 0 Å². The quantitative estimate of drug-likeness (QED) is 0.669. The second-order valence-corrected chi connectivity index (χ2v) is 6.16. The van der Waals surface area contributed by atoms with E-state index >= 15 is 0 Å². The topological polar surface area (TPSA) is 0 Å². The van der Waals surface area contributed by atoms with Crippen LogP contribution in [0.3, 0.4) is 0 Å². The molecule has 0 aromatic heterocycles. The van der Waals surface area contributed by atoms with Crippen LogP contribution < -0.4 is 0 Å². The summed E-state index contributed by atoms with van der Waals surface area (Å²) in [5.74, 6) is 1.29. The van der Waals surface area contributed by atoms with Crippen LogP contribution in [0.4, 0.5) is 0 Å². The largest absolute Gasteiger partial charge is 0.126 e. The molecule has 1 aromatic carbocycles. The molecule has 0 N–H and O–H groups in total. The zero-order chi connectivity index (χ0) is 12.3. The molecule has 1 unspecified atom stereocenters. The van der Waals surface area contributed by atoms with Gasteiger partial charge in [-0.15, -0.1) is 11.6 Å². The molecule has 0 aliphatic carbocycles. The van der Waals surface area contributed by atoms with Gasteiger partial charge in [0.1, 0.15) is 0 Å². The van der Waals surface area contributed by atoms with Crippen molar-refractivity contribution in [3.05, 3.63) is 34.9 Å². The summed E-state index contributed by atoms with van der Waals surface area (Å²) in [6.07, 6.45) is 1.08. The van der Waals surface area contributed by atoms with Crippen LogP contribution >= 0.6 is 11.6 Å². The minimum absolute atomic E-state index is 0.237. The Balaban J connectivity index is 2.92. The van der Waals surface area contributed by atoms with E-state index in [1.165, 1.54) is 16.7 Å². The van der Waals surface area contributed by atoms with Crippen LogP contribution in [-0.2, 0) is 11.8 Å². The summed E-state index contributed by atoms with van der Waals surface area (Å²) >= 11 is 5.86. The number of alkyl halides is 1. The third-order valence-corrected chi connectivity index (χ3v) is 3.57. The second kappa shape index (κ2) is 5.23. The van der Waals surface area contributed by atoms with Gasteiger partial charge in [0.15, 0.2) is 0 Å². The standard InChI is InChI=1S/C15H23Cl/c1-11(10-16)8-13-6-7-14(9-12(13)2)15(3,4)5/h6-7,9,11H,8,10H2,1-5H3. The first-order chi connectivity index (χ1) is 7.34. The lowest BCUT2D eigenvalue weighted by atomic mass is 9.84. The molecule has 0 saturated heterocycles. The normalized spacial score (nSPS) is 13.9. The van der Waals surface area contributed by atoms with Gasteiger partial charge >= 0.3 is 0 Å². The fourth-order valence-corrected chi connectivity index (χ4v) is 1.93. The van der Waals surface area contributed by atoms with Crippen molar-refractivity contribution >= 4 is 11.6 Å². The maximum Gasteiger partial charge on any atom is 0.0252 e. The van der Waals surface area contributed by atoms with Crippen molar-refractivity contribution in [1.29, 1.82) is 0 Å². The van der Waals surface area contributed by atoms with Crippen LogP contribution in [0.2, 0.25) is 0 Å². The van der Waals surface area contributed by atoms with Crippen molar-refractivity contribution in [1.82, 2.24) is 0 Å². The predicted molar refractivity (Wildman–Crippen MR) is 73.5 cm³/mol. The fourth-order valence-electron chi connectivity index (χ4n) is 1.82. The van der Waals surface area contributed by atoms with Gasteiger partial charge in [-0.3, -0.25) is 0 Å². The van der Waals surface area contributed by atoms with Gasteiger partial charge in [0.05, 0.1) is 0 Å². The van der Waals surface area contributed by atoms with Crippen molar-refractivity contribution < 1.29 is 0 Å². The molecule has 0 aliphatic rings. The molecular weight excluding hydrogens is 216 g/mol. The van der Waals surface area contributed by atoms with E-state index in [4.69, 9.17) is 11.6 Å². The highest BCUT2D eigenvalue weighted by molar-refractivity contribution is 6.18. The Bertz CT molecular complexity index is 347. The summed E-state index contributed by atoms with van der Waals surface area (Å²) in [4.78, 5) is 0. The molecule has 0 aliphatic heterocycles. The van der Waals surface area contributed by atoms with Gasteiger partial charge in [-0.25, -0.2) is 0 Å². The molecule has 0 spiro atoms. The van der Waals surface area contributed by atoms with E-state index in [1.54, 1.807) is 0 Å². The van der Waals surface area contributed by atoms with Crippen molar-refractivity contribution in [2.75, 3.05) is 5.88 Å². The van der Waals surface area contributed by atoms with E-state index in [1.807, 2.05) is 0 Å². The molecular formula is C15H23Cl. The Kier molecular flexibility index (Phi) is 4.43. The second-order valence-electron chi connectivity index (χ2n) is 5.85. The summed E-state index contributed by atoms with van der Waals surface area (Å²) in [6.45, 7) is 11.2. The van der Waals surface area contributed by atoms with Crippen LogP contribution in [-0.4, -0.2) is 5.88 Å². The number of hydrogen-bond donors (Lipinski definition) is 0. The highest BCUT2D eigenvalue weighted by atomic mass is 35.5. The van der Waals surface area contributed by atoms with Crippen molar-refractivity contribution in [2.24, 2.45) is 5.92 Å². The number of benzene rings is 1. The van der Waals surface area contributed by atoms with Gasteiger partial charge in [0.25, 0.3) is 0 Å². The van der Waals surface area contributed by atoms with Crippen LogP contribution in [0.25, 0.3) is 0 Å². The number of aryl methyl sites for hydroxylation is 1. The molecule has 0 heterocycles. The Labute approximate surface area is 105 Å². The van der Waals surface area contributed by atoms with Gasteiger partial charge in [0, 0.05) is 5.88 Å². The summed E-state index contributed by atoms with van der Waals surface area (Å²) in [6, 6.07) is 6.83. The lowest BCUT2D eigenvalue weighted by Crippen LogP contribution is -2.12. The molecule has 16 heavy (non-hydrogen) atoms. The third kappa shape index (κ3) is 3.52. The lowest BCUT2D eigenvalue weighted by molar-refractivity contribution is 0.588. The van der Waals surface area contributed by atoms with Crippen LogP contribution in [0.1, 0.15) is 44.4 Å². The van der Waals surface area contributed by atoms with E-state index < -0.39 is 0 Å². The van der Waals surface area contributed by atoms with Crippen molar-refractivity contribution in [3.8, 4) is 0 Å². The molecule has 90 valence electrons. The first kappa shape index (κ1) is 13.6. The Morgan fingerprint density at radius 3 is 2.31 bits per heavy atom. The molecule has 0 radical (unpaired) electrons. The zero-order valence-electron chi connectivity index (χ0n) is 11.1. The molecule has 0 amide bonds. The average molecular weight is 239 g/mol. The van der Waals surface area contributed by atoms with Crippen LogP contribution in [0, 0.1) is 12.8 Å². The van der Waals surface area contributed by atoms with Crippen LogP contribution in [0.5, 0.6) is 0 Å². The maximum absolute atomic E-state index is 5.86. The summed E-state index contributed by atoms with van der Waals surface area (Å²) < 4.78 is 0. The minimum Gasteiger partial charge on any atom is -0.126 e. The van der Waals surface area contributed by atoms with Gasteiger partial charge in [-0.2, -0.15) is 0 Å². The fraction of sp³-hybridized carbons (Fsp3) is 0.600.